The summed E-state index contributed by atoms with van der Waals surface area (Å²) in [4.78, 5) is 22.4. The molecule has 4 aromatic rings. The molecule has 0 radical (unpaired) electrons. The molecule has 3 aromatic heterocycles. The van der Waals surface area contributed by atoms with E-state index < -0.39 is 11.7 Å². The Kier molecular flexibility index (Phi) is 6.59. The molecule has 0 saturated heterocycles. The molecule has 0 aliphatic rings. The molecule has 0 aliphatic heterocycles. The van der Waals surface area contributed by atoms with Gasteiger partial charge in [0.15, 0.2) is 11.0 Å². The first-order valence-electron chi connectivity index (χ1n) is 9.79. The Balaban J connectivity index is 1.60. The summed E-state index contributed by atoms with van der Waals surface area (Å²) in [6, 6.07) is 8.75. The summed E-state index contributed by atoms with van der Waals surface area (Å²) in [5.74, 6) is 0.844. The van der Waals surface area contributed by atoms with Crippen LogP contribution in [0.15, 0.2) is 55.0 Å². The number of hydrogen-bond acceptors (Lipinski definition) is 8. The zero-order valence-electron chi connectivity index (χ0n) is 17.3. The fraction of sp³-hybridized carbons (Fsp3) is 0.136. The number of aryl methyl sites for hydroxylation is 1. The molecule has 0 amide bonds. The quantitative estimate of drug-likeness (QED) is 0.365. The van der Waals surface area contributed by atoms with Gasteiger partial charge in [0.1, 0.15) is 0 Å². The molecule has 7 nitrogen and oxygen atoms in total. The molecular weight excluding hydrogens is 451 g/mol. The summed E-state index contributed by atoms with van der Waals surface area (Å²) in [7, 11) is 0. The average molecular weight is 469 g/mol. The first-order valence-corrected chi connectivity index (χ1v) is 10.6. The van der Waals surface area contributed by atoms with Gasteiger partial charge >= 0.3 is 6.18 Å². The number of thiazole rings is 1. The van der Waals surface area contributed by atoms with Gasteiger partial charge in [0.25, 0.3) is 0 Å². The van der Waals surface area contributed by atoms with E-state index in [-0.39, 0.29) is 11.8 Å². The van der Waals surface area contributed by atoms with Gasteiger partial charge in [-0.2, -0.15) is 28.1 Å². The van der Waals surface area contributed by atoms with E-state index in [9.17, 15) is 13.2 Å². The van der Waals surface area contributed by atoms with E-state index in [4.69, 9.17) is 0 Å². The predicted molar refractivity (Wildman–Crippen MR) is 122 cm³/mol. The van der Waals surface area contributed by atoms with Crippen LogP contribution in [0.3, 0.4) is 0 Å². The molecule has 0 atom stereocenters. The molecule has 4 rings (SSSR count). The molecule has 3 heterocycles. The van der Waals surface area contributed by atoms with Crippen LogP contribution in [0.25, 0.3) is 12.2 Å². The van der Waals surface area contributed by atoms with Crippen LogP contribution in [-0.4, -0.2) is 24.9 Å². The lowest BCUT2D eigenvalue weighted by Gasteiger charge is -2.08. The number of alkyl halides is 3. The number of nitrogens with zero attached hydrogens (tertiary/aromatic N) is 5. The topological polar surface area (TPSA) is 88.5 Å². The second kappa shape index (κ2) is 9.74. The molecule has 2 N–H and O–H groups in total. The molecular formula is C22H18F3N7S. The van der Waals surface area contributed by atoms with E-state index in [0.717, 1.165) is 22.6 Å². The maximum absolute atomic E-state index is 13.0. The minimum absolute atomic E-state index is 0.264. The van der Waals surface area contributed by atoms with Crippen molar-refractivity contribution in [1.29, 1.82) is 0 Å². The maximum atomic E-state index is 13.0. The van der Waals surface area contributed by atoms with Gasteiger partial charge in [0.2, 0.25) is 11.9 Å². The molecule has 0 spiro atoms. The molecule has 0 saturated carbocycles. The Hall–Kier alpha value is -3.86. The van der Waals surface area contributed by atoms with E-state index in [1.807, 2.05) is 19.1 Å². The van der Waals surface area contributed by atoms with Gasteiger partial charge in [0.05, 0.1) is 5.56 Å². The maximum Gasteiger partial charge on any atom is 0.416 e. The molecule has 0 fully saturated rings. The molecule has 1 aromatic carbocycles. The van der Waals surface area contributed by atoms with E-state index in [0.29, 0.717) is 23.2 Å². The first kappa shape index (κ1) is 22.3. The van der Waals surface area contributed by atoms with E-state index in [2.05, 4.69) is 35.6 Å². The van der Waals surface area contributed by atoms with E-state index in [1.165, 1.54) is 29.6 Å². The van der Waals surface area contributed by atoms with Crippen LogP contribution in [-0.2, 0) is 12.7 Å². The highest BCUT2D eigenvalue weighted by Crippen LogP contribution is 2.30. The van der Waals surface area contributed by atoms with Gasteiger partial charge in [-0.25, -0.2) is 4.98 Å². The van der Waals surface area contributed by atoms with E-state index in [1.54, 1.807) is 24.7 Å². The number of hydrogen-bond donors (Lipinski definition) is 2. The zero-order chi connectivity index (χ0) is 23.3. The van der Waals surface area contributed by atoms with Crippen LogP contribution < -0.4 is 10.6 Å². The third-order valence-electron chi connectivity index (χ3n) is 4.33. The summed E-state index contributed by atoms with van der Waals surface area (Å²) in [5, 5.41) is 6.79. The normalized spacial score (nSPS) is 11.6. The molecule has 0 unspecified atom stereocenters. The minimum Gasteiger partial charge on any atom is -0.350 e. The Morgan fingerprint density at radius 1 is 1.00 bits per heavy atom. The first-order chi connectivity index (χ1) is 15.8. The summed E-state index contributed by atoms with van der Waals surface area (Å²) in [6.07, 6.45) is 3.74. The molecule has 0 aliphatic carbocycles. The third-order valence-corrected chi connectivity index (χ3v) is 5.16. The summed E-state index contributed by atoms with van der Waals surface area (Å²) >= 11 is 1.44. The third kappa shape index (κ3) is 6.32. The predicted octanol–water partition coefficient (Wildman–Crippen LogP) is 5.58. The smallest absolute Gasteiger partial charge is 0.350 e. The summed E-state index contributed by atoms with van der Waals surface area (Å²) < 4.78 is 39.0. The van der Waals surface area contributed by atoms with Crippen molar-refractivity contribution in [2.45, 2.75) is 19.6 Å². The van der Waals surface area contributed by atoms with Gasteiger partial charge in [-0.15, -0.1) is 11.3 Å². The Labute approximate surface area is 191 Å². The number of aromatic nitrogens is 5. The number of pyridine rings is 1. The van der Waals surface area contributed by atoms with Crippen LogP contribution in [0.2, 0.25) is 0 Å². The largest absolute Gasteiger partial charge is 0.416 e. The highest BCUT2D eigenvalue weighted by atomic mass is 32.1. The van der Waals surface area contributed by atoms with Crippen molar-refractivity contribution >= 4 is 40.5 Å². The lowest BCUT2D eigenvalue weighted by Crippen LogP contribution is -2.08. The molecule has 168 valence electrons. The van der Waals surface area contributed by atoms with Crippen molar-refractivity contribution in [2.75, 3.05) is 10.6 Å². The number of rotatable bonds is 7. The van der Waals surface area contributed by atoms with Gasteiger partial charge < -0.3 is 5.32 Å². The van der Waals surface area contributed by atoms with Crippen molar-refractivity contribution < 1.29 is 13.2 Å². The van der Waals surface area contributed by atoms with Crippen LogP contribution in [0.4, 0.5) is 30.2 Å². The molecule has 11 heteroatoms. The van der Waals surface area contributed by atoms with Gasteiger partial charge in [-0.3, -0.25) is 10.3 Å². The fourth-order valence-electron chi connectivity index (χ4n) is 2.78. The Bertz CT molecular complexity index is 1260. The monoisotopic (exact) mass is 469 g/mol. The Morgan fingerprint density at radius 2 is 1.79 bits per heavy atom. The van der Waals surface area contributed by atoms with Gasteiger partial charge in [-0.05, 0) is 48.4 Å². The fourth-order valence-corrected chi connectivity index (χ4v) is 3.44. The van der Waals surface area contributed by atoms with Crippen molar-refractivity contribution in [3.8, 4) is 0 Å². The van der Waals surface area contributed by atoms with Crippen molar-refractivity contribution in [3.63, 3.8) is 0 Å². The van der Waals surface area contributed by atoms with Gasteiger partial charge in [-0.1, -0.05) is 18.2 Å². The SMILES string of the molecule is Cc1cnc(Nc2nc(C=Cc3cccc(C(F)(F)F)c3)nc(NCc3ccncc3)n2)s1. The summed E-state index contributed by atoms with van der Waals surface area (Å²) in [6.45, 7) is 2.39. The number of benzene rings is 1. The second-order valence-corrected chi connectivity index (χ2v) is 8.14. The average Bonchev–Trinajstić information content (AvgIpc) is 3.21. The van der Waals surface area contributed by atoms with Crippen molar-refractivity contribution in [3.05, 3.63) is 82.4 Å². The van der Waals surface area contributed by atoms with Crippen LogP contribution in [0.1, 0.15) is 27.4 Å². The standard InChI is InChI=1S/C22H18F3N7S/c1-14-12-28-21(33-14)32-20-30-18(6-5-15-3-2-4-17(11-15)22(23,24)25)29-19(31-20)27-13-16-7-9-26-10-8-16/h2-12H,13H2,1H3,(H2,27,28,29,30,31,32). The number of anilines is 3. The lowest BCUT2D eigenvalue weighted by molar-refractivity contribution is -0.137. The van der Waals surface area contributed by atoms with Crippen LogP contribution in [0, 0.1) is 6.92 Å². The minimum atomic E-state index is -4.41. The Morgan fingerprint density at radius 3 is 2.52 bits per heavy atom. The number of halogens is 3. The van der Waals surface area contributed by atoms with Crippen LogP contribution >= 0.6 is 11.3 Å². The summed E-state index contributed by atoms with van der Waals surface area (Å²) in [5.41, 5.74) is 0.639. The second-order valence-electron chi connectivity index (χ2n) is 6.91. The van der Waals surface area contributed by atoms with Gasteiger partial charge in [0, 0.05) is 30.0 Å². The van der Waals surface area contributed by atoms with Crippen molar-refractivity contribution in [1.82, 2.24) is 24.9 Å². The van der Waals surface area contributed by atoms with Crippen molar-refractivity contribution in [2.24, 2.45) is 0 Å². The number of nitrogens with one attached hydrogen (secondary N) is 2. The highest BCUT2D eigenvalue weighted by molar-refractivity contribution is 7.15. The van der Waals surface area contributed by atoms with E-state index >= 15 is 0 Å². The molecule has 0 bridgehead atoms. The van der Waals surface area contributed by atoms with Crippen LogP contribution in [0.5, 0.6) is 0 Å². The lowest BCUT2D eigenvalue weighted by atomic mass is 10.1. The highest BCUT2D eigenvalue weighted by Gasteiger charge is 2.30. The molecule has 33 heavy (non-hydrogen) atoms. The zero-order valence-corrected chi connectivity index (χ0v) is 18.2.